The van der Waals surface area contributed by atoms with Gasteiger partial charge in [0, 0.05) is 0 Å². The van der Waals surface area contributed by atoms with Crippen LogP contribution in [-0.2, 0) is 14.2 Å². The monoisotopic (exact) mass is 402 g/mol. The molecule has 2 aromatic carbocycles. The lowest BCUT2D eigenvalue weighted by molar-refractivity contribution is -0.339. The van der Waals surface area contributed by atoms with E-state index in [1.54, 1.807) is 48.5 Å². The molecule has 0 bridgehead atoms. The number of esters is 2. The van der Waals surface area contributed by atoms with Crippen LogP contribution >= 0.6 is 0 Å². The second-order valence-corrected chi connectivity index (χ2v) is 6.85. The molecule has 0 aromatic heterocycles. The first-order valence-electron chi connectivity index (χ1n) is 9.04. The zero-order valence-corrected chi connectivity index (χ0v) is 15.7. The Balaban J connectivity index is 1.65. The van der Waals surface area contributed by atoms with Crippen LogP contribution in [-0.4, -0.2) is 64.1 Å². The number of hydrogen-bond acceptors (Lipinski definition) is 8. The third kappa shape index (κ3) is 4.80. The van der Waals surface area contributed by atoms with Gasteiger partial charge >= 0.3 is 11.9 Å². The molecule has 5 atom stereocenters. The number of rotatable bonds is 5. The number of aliphatic hydroxyl groups is 3. The van der Waals surface area contributed by atoms with E-state index in [9.17, 15) is 24.9 Å². The first-order chi connectivity index (χ1) is 13.8. The zero-order valence-electron chi connectivity index (χ0n) is 15.7. The first-order valence-corrected chi connectivity index (χ1v) is 9.04. The Labute approximate surface area is 167 Å². The summed E-state index contributed by atoms with van der Waals surface area (Å²) >= 11 is 0. The maximum absolute atomic E-state index is 12.3. The molecule has 1 aliphatic rings. The maximum Gasteiger partial charge on any atom is 0.338 e. The molecule has 1 fully saturated rings. The van der Waals surface area contributed by atoms with Crippen LogP contribution in [0.2, 0.25) is 0 Å². The molecule has 0 unspecified atom stereocenters. The van der Waals surface area contributed by atoms with Crippen molar-refractivity contribution in [2.24, 2.45) is 0 Å². The van der Waals surface area contributed by atoms with Crippen LogP contribution in [0.15, 0.2) is 60.7 Å². The van der Waals surface area contributed by atoms with Gasteiger partial charge in [0.1, 0.15) is 24.9 Å². The Morgan fingerprint density at radius 1 is 0.931 bits per heavy atom. The largest absolute Gasteiger partial charge is 0.459 e. The molecule has 0 aliphatic carbocycles. The van der Waals surface area contributed by atoms with E-state index in [2.05, 4.69) is 0 Å². The average molecular weight is 402 g/mol. The highest BCUT2D eigenvalue weighted by atomic mass is 16.7. The normalized spacial score (nSPS) is 29.1. The van der Waals surface area contributed by atoms with E-state index in [-0.39, 0.29) is 5.56 Å². The van der Waals surface area contributed by atoms with Gasteiger partial charge in [0.2, 0.25) is 5.79 Å². The third-order valence-electron chi connectivity index (χ3n) is 4.59. The molecular formula is C21H22O8. The van der Waals surface area contributed by atoms with E-state index in [1.165, 1.54) is 19.1 Å². The average Bonchev–Trinajstić information content (AvgIpc) is 2.73. The van der Waals surface area contributed by atoms with Gasteiger partial charge in [-0.1, -0.05) is 36.4 Å². The quantitative estimate of drug-likeness (QED) is 0.631. The second-order valence-electron chi connectivity index (χ2n) is 6.85. The van der Waals surface area contributed by atoms with Crippen molar-refractivity contribution < 1.29 is 39.1 Å². The van der Waals surface area contributed by atoms with Crippen molar-refractivity contribution in [2.45, 2.75) is 37.1 Å². The fraction of sp³-hybridized carbons (Fsp3) is 0.333. The summed E-state index contributed by atoms with van der Waals surface area (Å²) in [6.07, 6.45) is -6.00. The van der Waals surface area contributed by atoms with Crippen molar-refractivity contribution in [3.05, 3.63) is 71.8 Å². The number of aliphatic hydroxyl groups excluding tert-OH is 2. The van der Waals surface area contributed by atoms with Gasteiger partial charge in [-0.05, 0) is 31.2 Å². The number of carbonyl (C=O) groups is 2. The van der Waals surface area contributed by atoms with E-state index in [4.69, 9.17) is 14.2 Å². The standard InChI is InChI=1S/C21H22O8/c1-21(26)18(28-20(25)14-10-6-3-7-11-14)17(23)16(22)15(29-21)12-27-19(24)13-8-4-2-5-9-13/h2-11,15-18,22-23,26H,12H2,1H3/t15-,16-,17+,18-,21+/m1/s1. The minimum absolute atomic E-state index is 0.212. The van der Waals surface area contributed by atoms with Gasteiger partial charge in [-0.15, -0.1) is 0 Å². The van der Waals surface area contributed by atoms with Crippen LogP contribution < -0.4 is 0 Å². The van der Waals surface area contributed by atoms with E-state index in [0.29, 0.717) is 5.56 Å². The Kier molecular flexibility index (Phi) is 6.29. The Hall–Kier alpha value is -2.78. The summed E-state index contributed by atoms with van der Waals surface area (Å²) in [5, 5.41) is 31.3. The van der Waals surface area contributed by atoms with Crippen molar-refractivity contribution in [3.63, 3.8) is 0 Å². The van der Waals surface area contributed by atoms with Gasteiger partial charge < -0.3 is 29.5 Å². The molecule has 8 heteroatoms. The van der Waals surface area contributed by atoms with Gasteiger partial charge in [0.05, 0.1) is 11.1 Å². The fourth-order valence-corrected chi connectivity index (χ4v) is 3.04. The summed E-state index contributed by atoms with van der Waals surface area (Å²) in [4.78, 5) is 24.3. The number of ether oxygens (including phenoxy) is 3. The molecule has 1 heterocycles. The Morgan fingerprint density at radius 2 is 1.45 bits per heavy atom. The van der Waals surface area contributed by atoms with Crippen LogP contribution in [0.5, 0.6) is 0 Å². The molecule has 0 spiro atoms. The summed E-state index contributed by atoms with van der Waals surface area (Å²) in [5.41, 5.74) is 0.517. The Bertz CT molecular complexity index is 834. The van der Waals surface area contributed by atoms with Gasteiger partial charge in [-0.3, -0.25) is 0 Å². The molecule has 1 aliphatic heterocycles. The van der Waals surface area contributed by atoms with Crippen LogP contribution in [0.3, 0.4) is 0 Å². The zero-order chi connectivity index (χ0) is 21.0. The van der Waals surface area contributed by atoms with Crippen molar-refractivity contribution in [3.8, 4) is 0 Å². The minimum atomic E-state index is -2.12. The van der Waals surface area contributed by atoms with Gasteiger partial charge in [0.25, 0.3) is 0 Å². The molecular weight excluding hydrogens is 380 g/mol. The predicted molar refractivity (Wildman–Crippen MR) is 99.9 cm³/mol. The molecule has 29 heavy (non-hydrogen) atoms. The van der Waals surface area contributed by atoms with Crippen LogP contribution in [0, 0.1) is 0 Å². The highest BCUT2D eigenvalue weighted by molar-refractivity contribution is 5.89. The Morgan fingerprint density at radius 3 is 2.00 bits per heavy atom. The van der Waals surface area contributed by atoms with Crippen LogP contribution in [0.1, 0.15) is 27.6 Å². The second kappa shape index (κ2) is 8.71. The van der Waals surface area contributed by atoms with E-state index in [1.807, 2.05) is 0 Å². The summed E-state index contributed by atoms with van der Waals surface area (Å²) < 4.78 is 15.7. The summed E-state index contributed by atoms with van der Waals surface area (Å²) in [7, 11) is 0. The lowest BCUT2D eigenvalue weighted by Gasteiger charge is -2.45. The van der Waals surface area contributed by atoms with Crippen LogP contribution in [0.25, 0.3) is 0 Å². The third-order valence-corrected chi connectivity index (χ3v) is 4.59. The smallest absolute Gasteiger partial charge is 0.338 e. The molecule has 154 valence electrons. The van der Waals surface area contributed by atoms with E-state index >= 15 is 0 Å². The van der Waals surface area contributed by atoms with Crippen molar-refractivity contribution in [1.29, 1.82) is 0 Å². The lowest BCUT2D eigenvalue weighted by Crippen LogP contribution is -2.65. The number of hydrogen-bond donors (Lipinski definition) is 3. The molecule has 0 saturated carbocycles. The molecule has 0 radical (unpaired) electrons. The van der Waals surface area contributed by atoms with Gasteiger partial charge in [-0.25, -0.2) is 9.59 Å². The number of carbonyl (C=O) groups excluding carboxylic acids is 2. The lowest BCUT2D eigenvalue weighted by atomic mass is 9.93. The highest BCUT2D eigenvalue weighted by Gasteiger charge is 2.53. The molecule has 8 nitrogen and oxygen atoms in total. The van der Waals surface area contributed by atoms with Crippen molar-refractivity contribution >= 4 is 11.9 Å². The number of benzene rings is 2. The summed E-state index contributed by atoms with van der Waals surface area (Å²) in [6.45, 7) is 0.776. The van der Waals surface area contributed by atoms with Crippen molar-refractivity contribution in [1.82, 2.24) is 0 Å². The molecule has 3 N–H and O–H groups in total. The van der Waals surface area contributed by atoms with Gasteiger partial charge in [-0.2, -0.15) is 0 Å². The molecule has 3 rings (SSSR count). The maximum atomic E-state index is 12.3. The topological polar surface area (TPSA) is 123 Å². The van der Waals surface area contributed by atoms with E-state index < -0.39 is 48.7 Å². The van der Waals surface area contributed by atoms with Gasteiger partial charge in [0.15, 0.2) is 6.10 Å². The molecule has 1 saturated heterocycles. The first kappa shape index (κ1) is 20.9. The molecule has 0 amide bonds. The van der Waals surface area contributed by atoms with E-state index in [0.717, 1.165) is 0 Å². The molecule has 2 aromatic rings. The summed E-state index contributed by atoms with van der Waals surface area (Å²) in [5.74, 6) is -3.56. The fourth-order valence-electron chi connectivity index (χ4n) is 3.04. The van der Waals surface area contributed by atoms with Crippen molar-refractivity contribution in [2.75, 3.05) is 6.61 Å². The highest BCUT2D eigenvalue weighted by Crippen LogP contribution is 2.31. The predicted octanol–water partition coefficient (Wildman–Crippen LogP) is 0.898. The minimum Gasteiger partial charge on any atom is -0.459 e. The van der Waals surface area contributed by atoms with Crippen LogP contribution in [0.4, 0.5) is 0 Å². The SMILES string of the molecule is C[C@]1(O)O[C@H](COC(=O)c2ccccc2)[C@@H](O)[C@H](O)[C@H]1OC(=O)c1ccccc1. The summed E-state index contributed by atoms with van der Waals surface area (Å²) in [6, 6.07) is 16.2.